The quantitative estimate of drug-likeness (QED) is 0.0262. The van der Waals surface area contributed by atoms with Gasteiger partial charge in [0.05, 0.1) is 0 Å². The molecule has 0 aliphatic rings. The van der Waals surface area contributed by atoms with Crippen molar-refractivity contribution >= 4 is 17.9 Å². The molecule has 1 atom stereocenters. The SMILES string of the molecule is CC/C=C\C/C=C\C/C=C\C/C=C\C/C=C\C/C=C\CCCCC(=O)OCC(COC(=O)CCCCCCC/C=C\C/C=C\CCC)OC(=O)CC/C=C\C/C=C\C/C=C\C/C=C\C/C=C\C/C=C\CC. The Labute approximate surface area is 434 Å². The minimum absolute atomic E-state index is 0.138. The van der Waals surface area contributed by atoms with Crippen LogP contribution in [0, 0.1) is 0 Å². The summed E-state index contributed by atoms with van der Waals surface area (Å²) in [7, 11) is 0. The van der Waals surface area contributed by atoms with Crippen LogP contribution in [-0.4, -0.2) is 37.2 Å². The van der Waals surface area contributed by atoms with Crippen molar-refractivity contribution in [2.45, 2.75) is 207 Å². The number of carbonyl (C=O) groups is 3. The van der Waals surface area contributed by atoms with Crippen molar-refractivity contribution in [1.82, 2.24) is 0 Å². The molecule has 0 saturated heterocycles. The molecule has 0 heterocycles. The fourth-order valence-electron chi connectivity index (χ4n) is 6.62. The van der Waals surface area contributed by atoms with E-state index < -0.39 is 12.1 Å². The normalized spacial score (nSPS) is 13.5. The van der Waals surface area contributed by atoms with Crippen LogP contribution in [0.3, 0.4) is 0 Å². The van der Waals surface area contributed by atoms with Gasteiger partial charge in [0, 0.05) is 19.3 Å². The summed E-state index contributed by atoms with van der Waals surface area (Å²) in [6.45, 7) is 6.21. The van der Waals surface area contributed by atoms with Crippen LogP contribution in [0.1, 0.15) is 201 Å². The van der Waals surface area contributed by atoms with Gasteiger partial charge in [0.2, 0.25) is 0 Å². The molecule has 6 nitrogen and oxygen atoms in total. The fourth-order valence-corrected chi connectivity index (χ4v) is 6.62. The summed E-state index contributed by atoms with van der Waals surface area (Å²) in [4.78, 5) is 38.1. The molecule has 0 radical (unpaired) electrons. The Kier molecular flexibility index (Phi) is 53.1. The molecule has 0 bridgehead atoms. The number of ether oxygens (including phenoxy) is 3. The molecule has 0 spiro atoms. The highest BCUT2D eigenvalue weighted by Gasteiger charge is 2.19. The standard InChI is InChI=1S/C65H98O6/c1-4-7-10-13-16-19-22-25-27-29-31-32-34-35-37-40-43-46-49-52-55-58-64(67)70-61-62(60-69-63(66)57-54-51-48-45-42-39-24-21-18-15-12-9-6-3)71-65(68)59-56-53-50-47-44-41-38-36-33-30-28-26-23-20-17-14-11-8-5-2/h7-8,10-12,15-17,19-21,24-28,31-33,35-37,41,43-44,46,50,53,62H,4-6,9,13-14,18,22-23,29-30,34,38-40,42,45,47-49,51-52,54-61H2,1-3H3/b10-7-,11-8-,15-12-,19-16-,20-17-,24-21-,27-25-,28-26-,32-31-,36-33-,37-35-,44-41-,46-43-,53-50-. The zero-order valence-electron chi connectivity index (χ0n) is 44.9. The van der Waals surface area contributed by atoms with Gasteiger partial charge >= 0.3 is 17.9 Å². The first-order valence-corrected chi connectivity index (χ1v) is 27.6. The third-order valence-corrected chi connectivity index (χ3v) is 10.7. The number of hydrogen-bond donors (Lipinski definition) is 0. The molecule has 0 N–H and O–H groups in total. The average Bonchev–Trinajstić information content (AvgIpc) is 3.37. The molecule has 1 unspecified atom stereocenters. The van der Waals surface area contributed by atoms with E-state index in [1.54, 1.807) is 0 Å². The number of unbranched alkanes of at least 4 members (excludes halogenated alkanes) is 8. The summed E-state index contributed by atoms with van der Waals surface area (Å²) < 4.78 is 16.7. The van der Waals surface area contributed by atoms with Gasteiger partial charge in [0.25, 0.3) is 0 Å². The first-order valence-electron chi connectivity index (χ1n) is 27.6. The van der Waals surface area contributed by atoms with Crippen LogP contribution in [0.15, 0.2) is 170 Å². The van der Waals surface area contributed by atoms with Crippen molar-refractivity contribution in [3.8, 4) is 0 Å². The van der Waals surface area contributed by atoms with Crippen LogP contribution in [-0.2, 0) is 28.6 Å². The number of rotatable bonds is 47. The van der Waals surface area contributed by atoms with Crippen molar-refractivity contribution in [1.29, 1.82) is 0 Å². The molecule has 0 rings (SSSR count). The van der Waals surface area contributed by atoms with E-state index in [0.29, 0.717) is 19.3 Å². The smallest absolute Gasteiger partial charge is 0.306 e. The van der Waals surface area contributed by atoms with Crippen LogP contribution in [0.4, 0.5) is 0 Å². The van der Waals surface area contributed by atoms with Crippen LogP contribution >= 0.6 is 0 Å². The molecule has 0 fully saturated rings. The lowest BCUT2D eigenvalue weighted by atomic mass is 10.1. The lowest BCUT2D eigenvalue weighted by molar-refractivity contribution is -0.166. The van der Waals surface area contributed by atoms with E-state index >= 15 is 0 Å². The maximum atomic E-state index is 12.8. The highest BCUT2D eigenvalue weighted by Crippen LogP contribution is 2.11. The minimum Gasteiger partial charge on any atom is -0.462 e. The van der Waals surface area contributed by atoms with Gasteiger partial charge in [-0.25, -0.2) is 0 Å². The molecule has 394 valence electrons. The molecule has 6 heteroatoms. The van der Waals surface area contributed by atoms with Gasteiger partial charge in [-0.05, 0) is 135 Å². The predicted octanol–water partition coefficient (Wildman–Crippen LogP) is 18.8. The van der Waals surface area contributed by atoms with E-state index in [1.807, 2.05) is 12.2 Å². The second kappa shape index (κ2) is 57.3. The van der Waals surface area contributed by atoms with Crippen molar-refractivity contribution in [2.24, 2.45) is 0 Å². The van der Waals surface area contributed by atoms with E-state index in [2.05, 4.69) is 179 Å². The van der Waals surface area contributed by atoms with Crippen molar-refractivity contribution < 1.29 is 28.6 Å². The van der Waals surface area contributed by atoms with E-state index in [1.165, 1.54) is 6.42 Å². The lowest BCUT2D eigenvalue weighted by Crippen LogP contribution is -2.30. The van der Waals surface area contributed by atoms with Crippen LogP contribution < -0.4 is 0 Å². The van der Waals surface area contributed by atoms with Gasteiger partial charge in [-0.3, -0.25) is 14.4 Å². The van der Waals surface area contributed by atoms with Crippen molar-refractivity contribution in [3.63, 3.8) is 0 Å². The molecular weight excluding hydrogens is 877 g/mol. The predicted molar refractivity (Wildman–Crippen MR) is 306 cm³/mol. The van der Waals surface area contributed by atoms with Gasteiger partial charge in [0.15, 0.2) is 6.10 Å². The maximum absolute atomic E-state index is 12.8. The highest BCUT2D eigenvalue weighted by atomic mass is 16.6. The van der Waals surface area contributed by atoms with Crippen LogP contribution in [0.5, 0.6) is 0 Å². The zero-order valence-corrected chi connectivity index (χ0v) is 44.9. The Balaban J connectivity index is 4.63. The Hall–Kier alpha value is -5.23. The number of hydrogen-bond acceptors (Lipinski definition) is 6. The van der Waals surface area contributed by atoms with Crippen molar-refractivity contribution in [3.05, 3.63) is 170 Å². The first kappa shape index (κ1) is 65.8. The number of allylic oxidation sites excluding steroid dienone is 28. The summed E-state index contributed by atoms with van der Waals surface area (Å²) in [5.41, 5.74) is 0. The third kappa shape index (κ3) is 55.6. The molecule has 71 heavy (non-hydrogen) atoms. The zero-order chi connectivity index (χ0) is 51.4. The Morgan fingerprint density at radius 2 is 0.577 bits per heavy atom. The van der Waals surface area contributed by atoms with E-state index in [0.717, 1.165) is 141 Å². The lowest BCUT2D eigenvalue weighted by Gasteiger charge is -2.18. The molecule has 0 saturated carbocycles. The summed E-state index contributed by atoms with van der Waals surface area (Å²) in [6.07, 6.45) is 84.9. The topological polar surface area (TPSA) is 78.9 Å². The van der Waals surface area contributed by atoms with Gasteiger partial charge in [-0.2, -0.15) is 0 Å². The van der Waals surface area contributed by atoms with Crippen LogP contribution in [0.2, 0.25) is 0 Å². The fraction of sp³-hybridized carbons (Fsp3) is 0.523. The maximum Gasteiger partial charge on any atom is 0.306 e. The largest absolute Gasteiger partial charge is 0.462 e. The number of esters is 3. The molecule has 0 aromatic carbocycles. The molecule has 0 aliphatic heterocycles. The monoisotopic (exact) mass is 975 g/mol. The summed E-state index contributed by atoms with van der Waals surface area (Å²) in [6, 6.07) is 0. The summed E-state index contributed by atoms with van der Waals surface area (Å²) in [5.74, 6) is -1.10. The van der Waals surface area contributed by atoms with Gasteiger partial charge in [-0.1, -0.05) is 217 Å². The summed E-state index contributed by atoms with van der Waals surface area (Å²) in [5, 5.41) is 0. The molecule has 0 aromatic rings. The van der Waals surface area contributed by atoms with Gasteiger partial charge < -0.3 is 14.2 Å². The molecular formula is C65H98O6. The van der Waals surface area contributed by atoms with Gasteiger partial charge in [-0.15, -0.1) is 0 Å². The Morgan fingerprint density at radius 1 is 0.296 bits per heavy atom. The van der Waals surface area contributed by atoms with Crippen LogP contribution in [0.25, 0.3) is 0 Å². The van der Waals surface area contributed by atoms with E-state index in [9.17, 15) is 14.4 Å². The summed E-state index contributed by atoms with van der Waals surface area (Å²) >= 11 is 0. The average molecular weight is 975 g/mol. The highest BCUT2D eigenvalue weighted by molar-refractivity contribution is 5.71. The second-order valence-electron chi connectivity index (χ2n) is 17.4. The number of carbonyl (C=O) groups excluding carboxylic acids is 3. The molecule has 0 aliphatic carbocycles. The van der Waals surface area contributed by atoms with E-state index in [4.69, 9.17) is 14.2 Å². The van der Waals surface area contributed by atoms with Crippen molar-refractivity contribution in [2.75, 3.05) is 13.2 Å². The minimum atomic E-state index is -0.852. The van der Waals surface area contributed by atoms with E-state index in [-0.39, 0.29) is 38.0 Å². The molecule has 0 aromatic heterocycles. The molecule has 0 amide bonds. The Bertz CT molecular complexity index is 1690. The Morgan fingerprint density at radius 3 is 0.944 bits per heavy atom. The third-order valence-electron chi connectivity index (χ3n) is 10.7. The first-order chi connectivity index (χ1) is 35.0. The van der Waals surface area contributed by atoms with Gasteiger partial charge in [0.1, 0.15) is 13.2 Å². The second-order valence-corrected chi connectivity index (χ2v) is 17.4.